The molecule has 0 fully saturated rings. The van der Waals surface area contributed by atoms with Crippen LogP contribution in [0.15, 0.2) is 24.3 Å². The van der Waals surface area contributed by atoms with Gasteiger partial charge in [-0.15, -0.1) is 0 Å². The van der Waals surface area contributed by atoms with Crippen molar-refractivity contribution < 1.29 is 0 Å². The van der Waals surface area contributed by atoms with Gasteiger partial charge in [-0.2, -0.15) is 0 Å². The third kappa shape index (κ3) is 3.21. The van der Waals surface area contributed by atoms with E-state index in [2.05, 4.69) is 0 Å². The predicted molar refractivity (Wildman–Crippen MR) is 87.5 cm³/mol. The molecule has 2 aromatic rings. The quantitative estimate of drug-likeness (QED) is 0.649. The van der Waals surface area contributed by atoms with Crippen LogP contribution in [0.3, 0.4) is 0 Å². The summed E-state index contributed by atoms with van der Waals surface area (Å²) >= 11 is 23.9. The largest absolute Gasteiger partial charge is 0.396 e. The van der Waals surface area contributed by atoms with Gasteiger partial charge in [0.2, 0.25) is 0 Å². The van der Waals surface area contributed by atoms with Crippen molar-refractivity contribution in [1.29, 1.82) is 0 Å². The van der Waals surface area contributed by atoms with E-state index in [0.717, 1.165) is 11.1 Å². The molecule has 0 bridgehead atoms. The molecule has 0 saturated heterocycles. The van der Waals surface area contributed by atoms with Gasteiger partial charge in [-0.25, -0.2) is 0 Å². The molecular formula is C13H12Cl4N2. The van der Waals surface area contributed by atoms with Crippen molar-refractivity contribution in [2.24, 2.45) is 0 Å². The lowest BCUT2D eigenvalue weighted by atomic mass is 10.0. The van der Waals surface area contributed by atoms with Gasteiger partial charge in [0.05, 0.1) is 31.5 Å². The van der Waals surface area contributed by atoms with Crippen molar-refractivity contribution in [3.05, 3.63) is 44.4 Å². The summed E-state index contributed by atoms with van der Waals surface area (Å²) in [4.78, 5) is 0. The van der Waals surface area contributed by atoms with Gasteiger partial charge in [0.15, 0.2) is 0 Å². The normalized spacial score (nSPS) is 10.1. The van der Waals surface area contributed by atoms with Gasteiger partial charge >= 0.3 is 0 Å². The molecule has 4 N–H and O–H groups in total. The van der Waals surface area contributed by atoms with Crippen LogP contribution in [0, 0.1) is 0 Å². The molecule has 0 saturated carbocycles. The molecule has 2 nitrogen and oxygen atoms in total. The SMILES string of the molecule is C.Nc1c(Cl)cc(-c2cc(Cl)c(N)c(Cl)c2)cc1Cl. The minimum Gasteiger partial charge on any atom is -0.396 e. The first-order valence-electron chi connectivity index (χ1n) is 4.89. The summed E-state index contributed by atoms with van der Waals surface area (Å²) in [7, 11) is 0. The average molecular weight is 338 g/mol. The van der Waals surface area contributed by atoms with Crippen molar-refractivity contribution in [2.75, 3.05) is 11.5 Å². The summed E-state index contributed by atoms with van der Waals surface area (Å²) in [6.45, 7) is 0. The minimum atomic E-state index is 0. The highest BCUT2D eigenvalue weighted by molar-refractivity contribution is 6.40. The molecule has 2 aromatic carbocycles. The fourth-order valence-electron chi connectivity index (χ4n) is 1.50. The number of rotatable bonds is 1. The van der Waals surface area contributed by atoms with Crippen molar-refractivity contribution in [3.63, 3.8) is 0 Å². The monoisotopic (exact) mass is 336 g/mol. The summed E-state index contributed by atoms with van der Waals surface area (Å²) in [5.74, 6) is 0. The van der Waals surface area contributed by atoms with Gasteiger partial charge in [0.1, 0.15) is 0 Å². The first-order valence-corrected chi connectivity index (χ1v) is 6.40. The van der Waals surface area contributed by atoms with E-state index in [1.165, 1.54) is 0 Å². The predicted octanol–water partition coefficient (Wildman–Crippen LogP) is 5.77. The Bertz CT molecular complexity index is 525. The zero-order valence-electron chi connectivity index (χ0n) is 8.98. The Morgan fingerprint density at radius 3 is 1.00 bits per heavy atom. The first kappa shape index (κ1) is 16.3. The zero-order chi connectivity index (χ0) is 13.4. The molecule has 2 rings (SSSR count). The molecule has 0 heterocycles. The number of nitrogens with two attached hydrogens (primary N) is 2. The maximum absolute atomic E-state index is 5.98. The molecule has 0 aliphatic rings. The van der Waals surface area contributed by atoms with Crippen LogP contribution in [-0.2, 0) is 0 Å². The zero-order valence-corrected chi connectivity index (χ0v) is 12.0. The van der Waals surface area contributed by atoms with Gasteiger partial charge in [-0.3, -0.25) is 0 Å². The Kier molecular flexibility index (Phi) is 5.22. The first-order chi connectivity index (χ1) is 8.40. The number of benzene rings is 2. The van der Waals surface area contributed by atoms with Crippen molar-refractivity contribution in [2.45, 2.75) is 7.43 Å². The third-order valence-electron chi connectivity index (χ3n) is 2.49. The van der Waals surface area contributed by atoms with Crippen LogP contribution in [0.25, 0.3) is 11.1 Å². The van der Waals surface area contributed by atoms with Crippen molar-refractivity contribution in [1.82, 2.24) is 0 Å². The van der Waals surface area contributed by atoms with Crippen LogP contribution in [0.4, 0.5) is 11.4 Å². The summed E-state index contributed by atoms with van der Waals surface area (Å²) in [5, 5.41) is 1.51. The van der Waals surface area contributed by atoms with E-state index in [-0.39, 0.29) is 7.43 Å². The Balaban J connectivity index is 0.00000180. The van der Waals surface area contributed by atoms with Crippen LogP contribution in [0.1, 0.15) is 7.43 Å². The molecule has 0 atom stereocenters. The second kappa shape index (κ2) is 6.10. The lowest BCUT2D eigenvalue weighted by molar-refractivity contribution is 1.60. The number of hydrogen-bond donors (Lipinski definition) is 2. The fraction of sp³-hybridized carbons (Fsp3) is 0.0769. The van der Waals surface area contributed by atoms with E-state index < -0.39 is 0 Å². The fourth-order valence-corrected chi connectivity index (χ4v) is 2.48. The van der Waals surface area contributed by atoms with E-state index in [1.54, 1.807) is 24.3 Å². The molecule has 0 unspecified atom stereocenters. The Hall–Kier alpha value is -0.800. The van der Waals surface area contributed by atoms with Crippen LogP contribution in [-0.4, -0.2) is 0 Å². The van der Waals surface area contributed by atoms with Crippen molar-refractivity contribution in [3.8, 4) is 11.1 Å². The number of nitrogen functional groups attached to an aromatic ring is 2. The van der Waals surface area contributed by atoms with Gasteiger partial charge in [-0.05, 0) is 35.4 Å². The molecule has 102 valence electrons. The summed E-state index contributed by atoms with van der Waals surface area (Å²) in [5.41, 5.74) is 13.6. The lowest BCUT2D eigenvalue weighted by Crippen LogP contribution is -1.91. The molecule has 0 aliphatic carbocycles. The molecule has 0 aromatic heterocycles. The van der Waals surface area contributed by atoms with Gasteiger partial charge in [-0.1, -0.05) is 53.8 Å². The summed E-state index contributed by atoms with van der Waals surface area (Å²) in [6, 6.07) is 6.78. The third-order valence-corrected chi connectivity index (χ3v) is 3.74. The molecular weight excluding hydrogens is 326 g/mol. The second-order valence-corrected chi connectivity index (χ2v) is 5.34. The van der Waals surface area contributed by atoms with Crippen LogP contribution >= 0.6 is 46.4 Å². The van der Waals surface area contributed by atoms with Crippen LogP contribution in [0.2, 0.25) is 20.1 Å². The highest BCUT2D eigenvalue weighted by Gasteiger charge is 2.10. The van der Waals surface area contributed by atoms with Crippen LogP contribution < -0.4 is 11.5 Å². The highest BCUT2D eigenvalue weighted by Crippen LogP contribution is 2.37. The maximum Gasteiger partial charge on any atom is 0.0693 e. The summed E-state index contributed by atoms with van der Waals surface area (Å²) < 4.78 is 0. The standard InChI is InChI=1S/C12H8Cl4N2.CH4/c13-7-1-5(2-8(14)11(7)17)6-3-9(15)12(18)10(16)4-6;/h1-4H,17-18H2;1H4. The Labute approximate surface area is 132 Å². The Morgan fingerprint density at radius 2 is 0.789 bits per heavy atom. The van der Waals surface area contributed by atoms with E-state index in [1.807, 2.05) is 0 Å². The molecule has 0 radical (unpaired) electrons. The molecule has 6 heteroatoms. The second-order valence-electron chi connectivity index (χ2n) is 3.71. The smallest absolute Gasteiger partial charge is 0.0693 e. The van der Waals surface area contributed by atoms with Gasteiger partial charge in [0.25, 0.3) is 0 Å². The minimum absolute atomic E-state index is 0. The van der Waals surface area contributed by atoms with E-state index >= 15 is 0 Å². The summed E-state index contributed by atoms with van der Waals surface area (Å²) in [6.07, 6.45) is 0. The maximum atomic E-state index is 5.98. The molecule has 0 aliphatic heterocycles. The number of halogens is 4. The number of hydrogen-bond acceptors (Lipinski definition) is 2. The van der Waals surface area contributed by atoms with E-state index in [4.69, 9.17) is 57.9 Å². The van der Waals surface area contributed by atoms with E-state index in [9.17, 15) is 0 Å². The van der Waals surface area contributed by atoms with Gasteiger partial charge < -0.3 is 11.5 Å². The average Bonchev–Trinajstić information content (AvgIpc) is 2.31. The highest BCUT2D eigenvalue weighted by atomic mass is 35.5. The molecule has 0 spiro atoms. The van der Waals surface area contributed by atoms with Crippen molar-refractivity contribution >= 4 is 57.8 Å². The Morgan fingerprint density at radius 1 is 0.579 bits per heavy atom. The lowest BCUT2D eigenvalue weighted by Gasteiger charge is -2.09. The number of anilines is 2. The molecule has 0 amide bonds. The molecule has 19 heavy (non-hydrogen) atoms. The van der Waals surface area contributed by atoms with Crippen LogP contribution in [0.5, 0.6) is 0 Å². The van der Waals surface area contributed by atoms with Gasteiger partial charge in [0, 0.05) is 0 Å². The topological polar surface area (TPSA) is 52.0 Å². The van der Waals surface area contributed by atoms with E-state index in [0.29, 0.717) is 31.5 Å².